The van der Waals surface area contributed by atoms with E-state index in [2.05, 4.69) is 4.74 Å². The van der Waals surface area contributed by atoms with Crippen LogP contribution >= 0.6 is 11.6 Å². The summed E-state index contributed by atoms with van der Waals surface area (Å²) in [7, 11) is 2.16. The van der Waals surface area contributed by atoms with Crippen molar-refractivity contribution in [1.82, 2.24) is 0 Å². The number of carbonyl (C=O) groups is 4. The molecule has 0 saturated carbocycles. The molecule has 192 valence electrons. The van der Waals surface area contributed by atoms with Gasteiger partial charge in [-0.05, 0) is 48.0 Å². The number of halogens is 2. The third-order valence-corrected chi connectivity index (χ3v) is 6.13. The van der Waals surface area contributed by atoms with Gasteiger partial charge in [-0.15, -0.1) is 0 Å². The highest BCUT2D eigenvalue weighted by Crippen LogP contribution is 2.42. The van der Waals surface area contributed by atoms with E-state index in [9.17, 15) is 23.6 Å². The molecule has 3 aromatic rings. The first-order valence-electron chi connectivity index (χ1n) is 11.3. The number of hydrogen-bond acceptors (Lipinski definition) is 6. The highest BCUT2D eigenvalue weighted by molar-refractivity contribution is 6.40. The standard InChI is InChI=1S/C29H21ClFNO6/c1-37-24(33)15-22(29(36)38-2)25(27(34)18-8-10-19(30)11-9-18)26-21-14-20(31)12-13-23(21)32(28(26)35)16-17-6-4-3-5-7-17/h3-15H,16H2,1-2H3/b22-15+,26-25+. The predicted molar refractivity (Wildman–Crippen MR) is 139 cm³/mol. The molecule has 0 aliphatic carbocycles. The Kier molecular flexibility index (Phi) is 7.83. The Balaban J connectivity index is 2.03. The third kappa shape index (κ3) is 5.26. The van der Waals surface area contributed by atoms with E-state index in [1.54, 1.807) is 0 Å². The lowest BCUT2D eigenvalue weighted by Gasteiger charge is -2.18. The van der Waals surface area contributed by atoms with Crippen LogP contribution in [0.4, 0.5) is 10.1 Å². The number of methoxy groups -OCH3 is 2. The summed E-state index contributed by atoms with van der Waals surface area (Å²) in [5.41, 5.74) is 0.0688. The summed E-state index contributed by atoms with van der Waals surface area (Å²) >= 11 is 5.98. The van der Waals surface area contributed by atoms with Crippen molar-refractivity contribution in [1.29, 1.82) is 0 Å². The quantitative estimate of drug-likeness (QED) is 0.243. The maximum atomic E-state index is 14.5. The van der Waals surface area contributed by atoms with Crippen molar-refractivity contribution in [3.63, 3.8) is 0 Å². The van der Waals surface area contributed by atoms with Gasteiger partial charge in [0.25, 0.3) is 5.91 Å². The van der Waals surface area contributed by atoms with Crippen LogP contribution in [-0.4, -0.2) is 37.8 Å². The molecule has 1 heterocycles. The van der Waals surface area contributed by atoms with Crippen molar-refractivity contribution in [2.24, 2.45) is 0 Å². The second kappa shape index (κ2) is 11.2. The van der Waals surface area contributed by atoms with Gasteiger partial charge >= 0.3 is 11.9 Å². The number of nitrogens with zero attached hydrogens (tertiary/aromatic N) is 1. The summed E-state index contributed by atoms with van der Waals surface area (Å²) < 4.78 is 24.0. The fourth-order valence-electron chi connectivity index (χ4n) is 4.10. The first kappa shape index (κ1) is 26.5. The Hall–Kier alpha value is -4.56. The molecule has 0 bridgehead atoms. The van der Waals surface area contributed by atoms with Crippen molar-refractivity contribution in [2.45, 2.75) is 6.54 Å². The average Bonchev–Trinajstić information content (AvgIpc) is 3.18. The Morgan fingerprint density at radius 3 is 2.26 bits per heavy atom. The van der Waals surface area contributed by atoms with Crippen LogP contribution in [0.3, 0.4) is 0 Å². The van der Waals surface area contributed by atoms with Gasteiger partial charge in [-0.3, -0.25) is 9.59 Å². The van der Waals surface area contributed by atoms with E-state index in [-0.39, 0.29) is 23.2 Å². The molecule has 0 atom stereocenters. The van der Waals surface area contributed by atoms with E-state index in [0.717, 1.165) is 31.9 Å². The van der Waals surface area contributed by atoms with Crippen LogP contribution in [0.5, 0.6) is 0 Å². The Labute approximate surface area is 222 Å². The molecule has 1 amide bonds. The van der Waals surface area contributed by atoms with Crippen LogP contribution in [0, 0.1) is 5.82 Å². The number of amides is 1. The minimum absolute atomic E-state index is 0.0730. The van der Waals surface area contributed by atoms with Crippen LogP contribution in [0.15, 0.2) is 90.0 Å². The van der Waals surface area contributed by atoms with E-state index in [1.165, 1.54) is 41.3 Å². The van der Waals surface area contributed by atoms with Crippen LogP contribution in [0.25, 0.3) is 5.57 Å². The number of rotatable bonds is 7. The number of carbonyl (C=O) groups excluding carboxylic acids is 4. The van der Waals surface area contributed by atoms with Gasteiger partial charge in [0.15, 0.2) is 5.78 Å². The van der Waals surface area contributed by atoms with Gasteiger partial charge in [-0.25, -0.2) is 14.0 Å². The summed E-state index contributed by atoms with van der Waals surface area (Å²) in [6.45, 7) is 0.110. The lowest BCUT2D eigenvalue weighted by molar-refractivity contribution is -0.138. The van der Waals surface area contributed by atoms with Crippen molar-refractivity contribution >= 4 is 46.5 Å². The molecule has 9 heteroatoms. The van der Waals surface area contributed by atoms with Gasteiger partial charge in [-0.2, -0.15) is 0 Å². The first-order valence-corrected chi connectivity index (χ1v) is 11.7. The van der Waals surface area contributed by atoms with Gasteiger partial charge in [-0.1, -0.05) is 41.9 Å². The number of fused-ring (bicyclic) bond motifs is 1. The van der Waals surface area contributed by atoms with E-state index < -0.39 is 40.6 Å². The van der Waals surface area contributed by atoms with Crippen molar-refractivity contribution in [3.8, 4) is 0 Å². The first-order chi connectivity index (χ1) is 18.2. The SMILES string of the molecule is COC(=O)/C=C(C(=O)OC)\C(C(=O)c1ccc(Cl)cc1)=C1/C(=O)N(Cc2ccccc2)c2ccc(F)cc21. The van der Waals surface area contributed by atoms with Crippen LogP contribution in [0.1, 0.15) is 21.5 Å². The van der Waals surface area contributed by atoms with Crippen molar-refractivity contribution < 1.29 is 33.0 Å². The van der Waals surface area contributed by atoms with Crippen LogP contribution < -0.4 is 4.90 Å². The molecule has 0 aromatic heterocycles. The highest BCUT2D eigenvalue weighted by atomic mass is 35.5. The largest absolute Gasteiger partial charge is 0.466 e. The van der Waals surface area contributed by atoms with Gasteiger partial charge in [0.1, 0.15) is 5.82 Å². The number of Topliss-reactive ketones (excluding diaryl/α,β-unsaturated/α-hetero) is 1. The minimum Gasteiger partial charge on any atom is -0.466 e. The molecule has 0 unspecified atom stereocenters. The Morgan fingerprint density at radius 1 is 0.947 bits per heavy atom. The molecule has 0 fully saturated rings. The number of ketones is 1. The summed E-state index contributed by atoms with van der Waals surface area (Å²) in [4.78, 5) is 54.4. The van der Waals surface area contributed by atoms with Crippen molar-refractivity contribution in [2.75, 3.05) is 19.1 Å². The number of esters is 2. The zero-order chi connectivity index (χ0) is 27.4. The molecule has 1 aliphatic heterocycles. The summed E-state index contributed by atoms with van der Waals surface area (Å²) in [6.07, 6.45) is 0.772. The fraction of sp³-hybridized carbons (Fsp3) is 0.103. The molecule has 0 spiro atoms. The van der Waals surface area contributed by atoms with E-state index in [0.29, 0.717) is 10.7 Å². The molecule has 3 aromatic carbocycles. The molecular weight excluding hydrogens is 513 g/mol. The number of benzene rings is 3. The lowest BCUT2D eigenvalue weighted by Crippen LogP contribution is -2.27. The molecule has 0 radical (unpaired) electrons. The Morgan fingerprint density at radius 2 is 1.63 bits per heavy atom. The van der Waals surface area contributed by atoms with Gasteiger partial charge in [0.05, 0.1) is 43.2 Å². The molecule has 1 aliphatic rings. The maximum Gasteiger partial charge on any atom is 0.338 e. The molecular formula is C29H21ClFNO6. The number of anilines is 1. The van der Waals surface area contributed by atoms with Gasteiger partial charge < -0.3 is 14.4 Å². The van der Waals surface area contributed by atoms with Gasteiger partial charge in [0, 0.05) is 22.2 Å². The molecule has 38 heavy (non-hydrogen) atoms. The fourth-order valence-corrected chi connectivity index (χ4v) is 4.23. The monoisotopic (exact) mass is 533 g/mol. The van der Waals surface area contributed by atoms with Gasteiger partial charge in [0.2, 0.25) is 0 Å². The summed E-state index contributed by atoms with van der Waals surface area (Å²) in [5, 5.41) is 0.354. The minimum atomic E-state index is -1.06. The van der Waals surface area contributed by atoms with E-state index in [1.807, 2.05) is 30.3 Å². The molecule has 0 saturated heterocycles. The predicted octanol–water partition coefficient (Wildman–Crippen LogP) is 4.93. The zero-order valence-corrected chi connectivity index (χ0v) is 21.1. The topological polar surface area (TPSA) is 90.0 Å². The lowest BCUT2D eigenvalue weighted by atomic mass is 9.89. The van der Waals surface area contributed by atoms with Crippen LogP contribution in [-0.2, 0) is 30.4 Å². The summed E-state index contributed by atoms with van der Waals surface area (Å²) in [5.74, 6) is -4.12. The summed E-state index contributed by atoms with van der Waals surface area (Å²) in [6, 6.07) is 18.5. The second-order valence-corrected chi connectivity index (χ2v) is 8.63. The number of ether oxygens (including phenoxy) is 2. The Bertz CT molecular complexity index is 1500. The number of hydrogen-bond donors (Lipinski definition) is 0. The van der Waals surface area contributed by atoms with Crippen LogP contribution in [0.2, 0.25) is 5.02 Å². The second-order valence-electron chi connectivity index (χ2n) is 8.20. The third-order valence-electron chi connectivity index (χ3n) is 5.88. The normalized spacial score (nSPS) is 14.2. The molecule has 7 nitrogen and oxygen atoms in total. The van der Waals surface area contributed by atoms with E-state index in [4.69, 9.17) is 16.3 Å². The molecule has 0 N–H and O–H groups in total. The van der Waals surface area contributed by atoms with Crippen molar-refractivity contribution in [3.05, 3.63) is 118 Å². The highest BCUT2D eigenvalue weighted by Gasteiger charge is 2.39. The molecule has 4 rings (SSSR count). The maximum absolute atomic E-state index is 14.5. The van der Waals surface area contributed by atoms with E-state index >= 15 is 0 Å². The zero-order valence-electron chi connectivity index (χ0n) is 20.4. The average molecular weight is 534 g/mol. The smallest absolute Gasteiger partial charge is 0.338 e.